The molecule has 8 nitrogen and oxygen atoms in total. The number of allylic oxidation sites excluding steroid dienone is 1. The van der Waals surface area contributed by atoms with Crippen LogP contribution in [-0.4, -0.2) is 28.8 Å². The largest absolute Gasteiger partial charge is 0.465 e. The maximum atomic E-state index is 13.3. The number of nitro groups is 1. The van der Waals surface area contributed by atoms with E-state index in [2.05, 4.69) is 0 Å². The first-order chi connectivity index (χ1) is 16.3. The van der Waals surface area contributed by atoms with E-state index >= 15 is 0 Å². The van der Waals surface area contributed by atoms with Gasteiger partial charge in [0.05, 0.1) is 29.7 Å². The number of carbonyl (C=O) groups excluding carboxylic acids is 2. The molecule has 1 aromatic heterocycles. The Labute approximate surface area is 195 Å². The molecule has 0 atom stereocenters. The third-order valence-corrected chi connectivity index (χ3v) is 5.62. The molecule has 0 spiro atoms. The minimum atomic E-state index is -0.617. The first-order valence-corrected chi connectivity index (χ1v) is 10.5. The highest BCUT2D eigenvalue weighted by atomic mass is 16.6. The van der Waals surface area contributed by atoms with Gasteiger partial charge >= 0.3 is 5.97 Å². The molecule has 0 fully saturated rings. The fourth-order valence-corrected chi connectivity index (χ4v) is 3.80. The lowest BCUT2D eigenvalue weighted by molar-refractivity contribution is -0.384. The fraction of sp³-hybridized carbons (Fsp3) is 0.154. The smallest absolute Gasteiger partial charge is 0.340 e. The molecule has 0 aliphatic carbocycles. The zero-order valence-corrected chi connectivity index (χ0v) is 18.9. The van der Waals surface area contributed by atoms with E-state index in [1.54, 1.807) is 31.2 Å². The Bertz CT molecular complexity index is 1350. The predicted octanol–water partition coefficient (Wildman–Crippen LogP) is 5.04. The molecule has 34 heavy (non-hydrogen) atoms. The number of furan rings is 1. The van der Waals surface area contributed by atoms with Crippen LogP contribution in [0.2, 0.25) is 0 Å². The molecule has 0 N–H and O–H groups in total. The number of benzene rings is 2. The maximum Gasteiger partial charge on any atom is 0.340 e. The van der Waals surface area contributed by atoms with Crippen molar-refractivity contribution in [2.45, 2.75) is 20.4 Å². The summed E-state index contributed by atoms with van der Waals surface area (Å²) >= 11 is 0. The van der Waals surface area contributed by atoms with Crippen LogP contribution in [0.1, 0.15) is 23.8 Å². The Morgan fingerprint density at radius 3 is 2.53 bits per heavy atom. The van der Waals surface area contributed by atoms with Crippen LogP contribution in [0.4, 0.5) is 5.69 Å². The molecule has 0 radical (unpaired) electrons. The lowest BCUT2D eigenvalue weighted by atomic mass is 10.1. The third-order valence-electron chi connectivity index (χ3n) is 5.62. The number of methoxy groups -OCH3 is 1. The van der Waals surface area contributed by atoms with E-state index in [-0.39, 0.29) is 22.7 Å². The van der Waals surface area contributed by atoms with E-state index in [1.165, 1.54) is 30.2 Å². The van der Waals surface area contributed by atoms with Crippen LogP contribution in [0.3, 0.4) is 0 Å². The summed E-state index contributed by atoms with van der Waals surface area (Å²) in [5, 5.41) is 11.1. The van der Waals surface area contributed by atoms with Gasteiger partial charge in [-0.2, -0.15) is 0 Å². The molecule has 1 aliphatic heterocycles. The average Bonchev–Trinajstić information content (AvgIpc) is 3.39. The molecule has 1 amide bonds. The molecule has 172 valence electrons. The van der Waals surface area contributed by atoms with Crippen LogP contribution in [0.25, 0.3) is 17.4 Å². The number of nitrogens with zero attached hydrogens (tertiary/aromatic N) is 2. The topological polar surface area (TPSA) is 103 Å². The zero-order chi connectivity index (χ0) is 24.4. The quantitative estimate of drug-likeness (QED) is 0.222. The van der Waals surface area contributed by atoms with E-state index in [0.717, 1.165) is 11.1 Å². The van der Waals surface area contributed by atoms with Gasteiger partial charge < -0.3 is 14.1 Å². The first-order valence-electron chi connectivity index (χ1n) is 10.5. The summed E-state index contributed by atoms with van der Waals surface area (Å²) in [6.07, 6.45) is 1.49. The Morgan fingerprint density at radius 2 is 1.85 bits per heavy atom. The number of amides is 1. The van der Waals surface area contributed by atoms with Crippen molar-refractivity contribution < 1.29 is 23.7 Å². The highest BCUT2D eigenvalue weighted by Crippen LogP contribution is 2.34. The Hall–Kier alpha value is -4.46. The van der Waals surface area contributed by atoms with E-state index in [9.17, 15) is 19.7 Å². The molecule has 0 unspecified atom stereocenters. The highest BCUT2D eigenvalue weighted by molar-refractivity contribution is 6.16. The van der Waals surface area contributed by atoms with Gasteiger partial charge in [-0.3, -0.25) is 14.9 Å². The highest BCUT2D eigenvalue weighted by Gasteiger charge is 2.37. The van der Waals surface area contributed by atoms with Crippen LogP contribution in [0.5, 0.6) is 0 Å². The number of non-ortho nitro benzene ring substituents is 1. The number of ether oxygens (including phenoxy) is 1. The number of esters is 1. The second kappa shape index (κ2) is 9.19. The first kappa shape index (κ1) is 22.7. The van der Waals surface area contributed by atoms with Gasteiger partial charge in [-0.15, -0.1) is 0 Å². The molecular weight excluding hydrogens is 436 g/mol. The van der Waals surface area contributed by atoms with Gasteiger partial charge in [-0.1, -0.05) is 42.0 Å². The van der Waals surface area contributed by atoms with Crippen molar-refractivity contribution in [3.8, 4) is 11.3 Å². The van der Waals surface area contributed by atoms with Crippen molar-refractivity contribution >= 4 is 23.6 Å². The van der Waals surface area contributed by atoms with Gasteiger partial charge in [0, 0.05) is 23.4 Å². The van der Waals surface area contributed by atoms with Crippen LogP contribution in [-0.2, 0) is 20.9 Å². The van der Waals surface area contributed by atoms with Gasteiger partial charge in [0.25, 0.3) is 11.6 Å². The number of hydrogen-bond donors (Lipinski definition) is 0. The van der Waals surface area contributed by atoms with Crippen LogP contribution in [0.15, 0.2) is 81.9 Å². The summed E-state index contributed by atoms with van der Waals surface area (Å²) in [5.41, 5.74) is 3.33. The number of aryl methyl sites for hydroxylation is 1. The van der Waals surface area contributed by atoms with Crippen LogP contribution in [0, 0.1) is 17.0 Å². The van der Waals surface area contributed by atoms with E-state index < -0.39 is 10.9 Å². The fourth-order valence-electron chi connectivity index (χ4n) is 3.80. The summed E-state index contributed by atoms with van der Waals surface area (Å²) in [6, 6.07) is 17.2. The zero-order valence-electron chi connectivity index (χ0n) is 18.9. The summed E-state index contributed by atoms with van der Waals surface area (Å²) in [6.45, 7) is 3.99. The van der Waals surface area contributed by atoms with Crippen molar-refractivity contribution in [2.75, 3.05) is 7.11 Å². The molecule has 4 rings (SSSR count). The van der Waals surface area contributed by atoms with Gasteiger partial charge in [0.15, 0.2) is 0 Å². The Morgan fingerprint density at radius 1 is 1.12 bits per heavy atom. The number of rotatable bonds is 6. The standard InChI is InChI=1S/C26H22N2O6/c1-16-7-9-18(10-8-16)15-27-17(2)24(26(30)33-3)22(25(27)29)14-21-11-12-23(34-21)19-5-4-6-20(13-19)28(31)32/h4-14H,15H2,1-3H3. The Kier molecular flexibility index (Phi) is 6.14. The van der Waals surface area contributed by atoms with Gasteiger partial charge in [0.1, 0.15) is 11.5 Å². The molecule has 0 bridgehead atoms. The maximum absolute atomic E-state index is 13.3. The monoisotopic (exact) mass is 458 g/mol. The molecule has 0 saturated carbocycles. The summed E-state index contributed by atoms with van der Waals surface area (Å²) in [7, 11) is 1.26. The molecule has 2 heterocycles. The summed E-state index contributed by atoms with van der Waals surface area (Å²) < 4.78 is 10.8. The van der Waals surface area contributed by atoms with E-state index in [0.29, 0.717) is 29.3 Å². The number of carbonyl (C=O) groups is 2. The molecule has 0 saturated heterocycles. The molecule has 3 aromatic rings. The van der Waals surface area contributed by atoms with E-state index in [1.807, 2.05) is 31.2 Å². The molecule has 8 heteroatoms. The second-order valence-corrected chi connectivity index (χ2v) is 7.90. The van der Waals surface area contributed by atoms with Gasteiger partial charge in [0.2, 0.25) is 0 Å². The minimum absolute atomic E-state index is 0.0574. The summed E-state index contributed by atoms with van der Waals surface area (Å²) in [4.78, 5) is 38.0. The van der Waals surface area contributed by atoms with Crippen molar-refractivity contribution in [2.24, 2.45) is 0 Å². The van der Waals surface area contributed by atoms with Crippen LogP contribution < -0.4 is 0 Å². The van der Waals surface area contributed by atoms with E-state index in [4.69, 9.17) is 9.15 Å². The number of nitro benzene ring substituents is 1. The molecule has 1 aliphatic rings. The van der Waals surface area contributed by atoms with Crippen molar-refractivity contribution in [3.63, 3.8) is 0 Å². The van der Waals surface area contributed by atoms with Crippen LogP contribution >= 0.6 is 0 Å². The normalized spacial score (nSPS) is 14.7. The SMILES string of the molecule is COC(=O)C1=C(C)N(Cc2ccc(C)cc2)C(=O)C1=Cc1ccc(-c2cccc([N+](=O)[O-])c2)o1. The third kappa shape index (κ3) is 4.38. The average molecular weight is 458 g/mol. The Balaban J connectivity index is 1.68. The molecular formula is C26H22N2O6. The molecule has 2 aromatic carbocycles. The number of hydrogen-bond acceptors (Lipinski definition) is 6. The minimum Gasteiger partial charge on any atom is -0.465 e. The van der Waals surface area contributed by atoms with Gasteiger partial charge in [-0.05, 0) is 37.6 Å². The lowest BCUT2D eigenvalue weighted by Gasteiger charge is -2.18. The van der Waals surface area contributed by atoms with Crippen molar-refractivity contribution in [1.82, 2.24) is 4.90 Å². The van der Waals surface area contributed by atoms with Gasteiger partial charge in [-0.25, -0.2) is 4.79 Å². The predicted molar refractivity (Wildman–Crippen MR) is 125 cm³/mol. The lowest BCUT2D eigenvalue weighted by Crippen LogP contribution is -2.24. The van der Waals surface area contributed by atoms with Crippen molar-refractivity contribution in [1.29, 1.82) is 0 Å². The second-order valence-electron chi connectivity index (χ2n) is 7.90. The summed E-state index contributed by atoms with van der Waals surface area (Å²) in [5.74, 6) is -0.227. The van der Waals surface area contributed by atoms with Crippen molar-refractivity contribution in [3.05, 3.63) is 105 Å².